The number of hydrogen-bond acceptors (Lipinski definition) is 2. The number of aromatic nitrogens is 1. The third kappa shape index (κ3) is 1.48. The summed E-state index contributed by atoms with van der Waals surface area (Å²) in [7, 11) is 0. The fraction of sp³-hybridized carbons (Fsp3) is 0.500. The summed E-state index contributed by atoms with van der Waals surface area (Å²) >= 11 is 0. The second-order valence-corrected chi connectivity index (χ2v) is 3.45. The number of aliphatic hydroxyl groups is 1. The minimum atomic E-state index is -0.0878. The van der Waals surface area contributed by atoms with Gasteiger partial charge in [-0.3, -0.25) is 4.98 Å². The first-order chi connectivity index (χ1) is 5.86. The lowest BCUT2D eigenvalue weighted by molar-refractivity contribution is 0.181. The molecule has 0 saturated heterocycles. The minimum Gasteiger partial charge on any atom is -0.393 e. The maximum Gasteiger partial charge on any atom is 0.0546 e. The van der Waals surface area contributed by atoms with Crippen LogP contribution >= 0.6 is 0 Å². The molecule has 1 saturated carbocycles. The highest BCUT2D eigenvalue weighted by Gasteiger charge is 2.23. The fourth-order valence-electron chi connectivity index (χ4n) is 1.88. The van der Waals surface area contributed by atoms with Crippen molar-refractivity contribution in [3.05, 3.63) is 30.1 Å². The molecule has 1 aliphatic rings. The monoisotopic (exact) mass is 163 g/mol. The Labute approximate surface area is 72.3 Å². The summed E-state index contributed by atoms with van der Waals surface area (Å²) in [5.41, 5.74) is 1.27. The molecule has 64 valence electrons. The van der Waals surface area contributed by atoms with Crippen LogP contribution < -0.4 is 0 Å². The molecule has 0 aromatic carbocycles. The molecule has 0 bridgehead atoms. The summed E-state index contributed by atoms with van der Waals surface area (Å²) in [6.45, 7) is 0. The van der Waals surface area contributed by atoms with Crippen molar-refractivity contribution in [2.45, 2.75) is 31.3 Å². The summed E-state index contributed by atoms with van der Waals surface area (Å²) in [4.78, 5) is 4.07. The standard InChI is InChI=1S/C10H13NO/c12-10-4-3-8(6-10)9-2-1-5-11-7-9/h1-2,5,7-8,10,12H,3-4,6H2. The quantitative estimate of drug-likeness (QED) is 0.683. The van der Waals surface area contributed by atoms with E-state index in [1.54, 1.807) is 6.20 Å². The van der Waals surface area contributed by atoms with Gasteiger partial charge in [-0.2, -0.15) is 0 Å². The van der Waals surface area contributed by atoms with Crippen molar-refractivity contribution < 1.29 is 5.11 Å². The zero-order valence-corrected chi connectivity index (χ0v) is 6.98. The molecule has 0 spiro atoms. The topological polar surface area (TPSA) is 33.1 Å². The number of nitrogens with zero attached hydrogens (tertiary/aromatic N) is 1. The van der Waals surface area contributed by atoms with Crippen LogP contribution in [-0.4, -0.2) is 16.2 Å². The molecule has 1 heterocycles. The Balaban J connectivity index is 2.11. The minimum absolute atomic E-state index is 0.0878. The summed E-state index contributed by atoms with van der Waals surface area (Å²) in [5.74, 6) is 0.536. The maximum absolute atomic E-state index is 9.34. The van der Waals surface area contributed by atoms with Crippen molar-refractivity contribution in [2.24, 2.45) is 0 Å². The predicted octanol–water partition coefficient (Wildman–Crippen LogP) is 1.71. The molecule has 2 unspecified atom stereocenters. The summed E-state index contributed by atoms with van der Waals surface area (Å²) in [6.07, 6.45) is 6.56. The van der Waals surface area contributed by atoms with Crippen molar-refractivity contribution >= 4 is 0 Å². The van der Waals surface area contributed by atoms with E-state index in [0.29, 0.717) is 5.92 Å². The van der Waals surface area contributed by atoms with E-state index in [1.165, 1.54) is 5.56 Å². The maximum atomic E-state index is 9.34. The number of pyridine rings is 1. The van der Waals surface area contributed by atoms with Gasteiger partial charge in [0, 0.05) is 12.4 Å². The van der Waals surface area contributed by atoms with E-state index < -0.39 is 0 Å². The molecule has 2 nitrogen and oxygen atoms in total. The lowest BCUT2D eigenvalue weighted by atomic mass is 10.00. The zero-order chi connectivity index (χ0) is 8.39. The van der Waals surface area contributed by atoms with Crippen molar-refractivity contribution in [3.8, 4) is 0 Å². The first-order valence-electron chi connectivity index (χ1n) is 4.44. The molecule has 1 N–H and O–H groups in total. The molecular formula is C10H13NO. The number of rotatable bonds is 1. The molecule has 1 aromatic heterocycles. The zero-order valence-electron chi connectivity index (χ0n) is 6.98. The van der Waals surface area contributed by atoms with E-state index in [9.17, 15) is 5.11 Å². The largest absolute Gasteiger partial charge is 0.393 e. The van der Waals surface area contributed by atoms with Gasteiger partial charge in [0.1, 0.15) is 0 Å². The van der Waals surface area contributed by atoms with E-state index in [-0.39, 0.29) is 6.10 Å². The van der Waals surface area contributed by atoms with E-state index in [2.05, 4.69) is 11.1 Å². The molecule has 0 aliphatic heterocycles. The van der Waals surface area contributed by atoms with Crippen molar-refractivity contribution in [2.75, 3.05) is 0 Å². The highest BCUT2D eigenvalue weighted by atomic mass is 16.3. The van der Waals surface area contributed by atoms with Gasteiger partial charge in [0.25, 0.3) is 0 Å². The first kappa shape index (κ1) is 7.74. The van der Waals surface area contributed by atoms with Crippen LogP contribution in [0.15, 0.2) is 24.5 Å². The van der Waals surface area contributed by atoms with Crippen LogP contribution in [0.2, 0.25) is 0 Å². The second-order valence-electron chi connectivity index (χ2n) is 3.45. The van der Waals surface area contributed by atoms with Crippen LogP contribution in [0, 0.1) is 0 Å². The Morgan fingerprint density at radius 3 is 2.92 bits per heavy atom. The van der Waals surface area contributed by atoms with Crippen molar-refractivity contribution in [1.82, 2.24) is 4.98 Å². The summed E-state index contributed by atoms with van der Waals surface area (Å²) < 4.78 is 0. The van der Waals surface area contributed by atoms with Crippen LogP contribution in [0.3, 0.4) is 0 Å². The second kappa shape index (κ2) is 3.23. The van der Waals surface area contributed by atoms with E-state index in [0.717, 1.165) is 19.3 Å². The highest BCUT2D eigenvalue weighted by molar-refractivity contribution is 5.16. The Kier molecular flexibility index (Phi) is 2.09. The lowest BCUT2D eigenvalue weighted by Crippen LogP contribution is -1.99. The fourth-order valence-corrected chi connectivity index (χ4v) is 1.88. The van der Waals surface area contributed by atoms with Crippen LogP contribution in [0.5, 0.6) is 0 Å². The average Bonchev–Trinajstić information content (AvgIpc) is 2.54. The molecule has 2 heteroatoms. The first-order valence-corrected chi connectivity index (χ1v) is 4.44. The average molecular weight is 163 g/mol. The van der Waals surface area contributed by atoms with Crippen molar-refractivity contribution in [1.29, 1.82) is 0 Å². The van der Waals surface area contributed by atoms with E-state index >= 15 is 0 Å². The summed E-state index contributed by atoms with van der Waals surface area (Å²) in [6, 6.07) is 4.05. The molecule has 0 amide bonds. The molecule has 1 aromatic rings. The third-order valence-electron chi connectivity index (χ3n) is 2.56. The molecular weight excluding hydrogens is 150 g/mol. The normalized spacial score (nSPS) is 29.1. The lowest BCUT2D eigenvalue weighted by Gasteiger charge is -2.07. The smallest absolute Gasteiger partial charge is 0.0546 e. The SMILES string of the molecule is OC1CCC(c2cccnc2)C1. The molecule has 1 aliphatic carbocycles. The van der Waals surface area contributed by atoms with Crippen LogP contribution in [0.1, 0.15) is 30.7 Å². The van der Waals surface area contributed by atoms with E-state index in [1.807, 2.05) is 12.3 Å². The Bertz CT molecular complexity index is 247. The van der Waals surface area contributed by atoms with Gasteiger partial charge in [-0.25, -0.2) is 0 Å². The van der Waals surface area contributed by atoms with Gasteiger partial charge < -0.3 is 5.11 Å². The Morgan fingerprint density at radius 2 is 2.33 bits per heavy atom. The predicted molar refractivity (Wildman–Crippen MR) is 46.8 cm³/mol. The number of hydrogen-bond donors (Lipinski definition) is 1. The highest BCUT2D eigenvalue weighted by Crippen LogP contribution is 2.33. The van der Waals surface area contributed by atoms with Gasteiger partial charge in [-0.15, -0.1) is 0 Å². The van der Waals surface area contributed by atoms with Gasteiger partial charge >= 0.3 is 0 Å². The molecule has 2 rings (SSSR count). The van der Waals surface area contributed by atoms with Gasteiger partial charge in [0.05, 0.1) is 6.10 Å². The number of aliphatic hydroxyl groups excluding tert-OH is 1. The van der Waals surface area contributed by atoms with Crippen LogP contribution in [0.4, 0.5) is 0 Å². The van der Waals surface area contributed by atoms with Gasteiger partial charge in [0.15, 0.2) is 0 Å². The molecule has 0 radical (unpaired) electrons. The third-order valence-corrected chi connectivity index (χ3v) is 2.56. The Morgan fingerprint density at radius 1 is 1.42 bits per heavy atom. The molecule has 12 heavy (non-hydrogen) atoms. The Hall–Kier alpha value is -0.890. The van der Waals surface area contributed by atoms with Gasteiger partial charge in [-0.1, -0.05) is 6.07 Å². The van der Waals surface area contributed by atoms with Gasteiger partial charge in [0.2, 0.25) is 0 Å². The molecule has 2 atom stereocenters. The van der Waals surface area contributed by atoms with Crippen LogP contribution in [0.25, 0.3) is 0 Å². The van der Waals surface area contributed by atoms with Crippen molar-refractivity contribution in [3.63, 3.8) is 0 Å². The van der Waals surface area contributed by atoms with Crippen LogP contribution in [-0.2, 0) is 0 Å². The van der Waals surface area contributed by atoms with E-state index in [4.69, 9.17) is 0 Å². The summed E-state index contributed by atoms with van der Waals surface area (Å²) in [5, 5.41) is 9.34. The molecule has 1 fully saturated rings. The van der Waals surface area contributed by atoms with Gasteiger partial charge in [-0.05, 0) is 36.8 Å².